The number of hydrogen-bond donors (Lipinski definition) is 2. The van der Waals surface area contributed by atoms with Gasteiger partial charge in [-0.25, -0.2) is 5.10 Å². The fourth-order valence-electron chi connectivity index (χ4n) is 1.70. The molecule has 70 valence electrons. The molecule has 1 fully saturated rings. The molecule has 1 saturated carbocycles. The number of H-pyrrole nitrogens is 1. The van der Waals surface area contributed by atoms with E-state index in [1.165, 1.54) is 6.07 Å². The summed E-state index contributed by atoms with van der Waals surface area (Å²) in [4.78, 5) is 10.7. The summed E-state index contributed by atoms with van der Waals surface area (Å²) in [5.74, 6) is 0.297. The van der Waals surface area contributed by atoms with Crippen molar-refractivity contribution in [2.24, 2.45) is 5.92 Å². The lowest BCUT2D eigenvalue weighted by Crippen LogP contribution is -2.16. The van der Waals surface area contributed by atoms with E-state index in [9.17, 15) is 9.90 Å². The second-order valence-electron chi connectivity index (χ2n) is 3.54. The molecule has 4 heteroatoms. The van der Waals surface area contributed by atoms with Crippen LogP contribution in [-0.4, -0.2) is 15.3 Å². The molecule has 13 heavy (non-hydrogen) atoms. The van der Waals surface area contributed by atoms with E-state index in [1.54, 1.807) is 6.07 Å². The number of nitrogens with zero attached hydrogens (tertiary/aromatic N) is 1. The molecule has 2 unspecified atom stereocenters. The van der Waals surface area contributed by atoms with Crippen LogP contribution in [0.5, 0.6) is 0 Å². The summed E-state index contributed by atoms with van der Waals surface area (Å²) in [5, 5.41) is 16.1. The molecule has 2 N–H and O–H groups in total. The van der Waals surface area contributed by atoms with Gasteiger partial charge in [0.05, 0.1) is 5.69 Å². The van der Waals surface area contributed by atoms with Crippen LogP contribution < -0.4 is 5.56 Å². The Morgan fingerprint density at radius 2 is 2.54 bits per heavy atom. The molecule has 0 spiro atoms. The van der Waals surface area contributed by atoms with Gasteiger partial charge in [0.15, 0.2) is 0 Å². The van der Waals surface area contributed by atoms with Crippen molar-refractivity contribution in [3.05, 3.63) is 28.2 Å². The number of rotatable bonds is 2. The average molecular weight is 180 g/mol. The Bertz CT molecular complexity index is 354. The molecule has 4 nitrogen and oxygen atoms in total. The van der Waals surface area contributed by atoms with Crippen LogP contribution >= 0.6 is 0 Å². The fraction of sp³-hybridized carbons (Fsp3) is 0.556. The maximum absolute atomic E-state index is 10.7. The number of nitrogens with one attached hydrogen (secondary N) is 1. The minimum absolute atomic E-state index is 0.235. The van der Waals surface area contributed by atoms with E-state index >= 15 is 0 Å². The molecule has 1 aromatic heterocycles. The third-order valence-electron chi connectivity index (χ3n) is 2.69. The minimum Gasteiger partial charge on any atom is -0.383 e. The molecule has 0 aliphatic heterocycles. The lowest BCUT2D eigenvalue weighted by molar-refractivity contribution is 0.124. The highest BCUT2D eigenvalue weighted by Gasteiger charge is 2.54. The van der Waals surface area contributed by atoms with Crippen LogP contribution in [0, 0.1) is 5.92 Å². The lowest BCUT2D eigenvalue weighted by Gasteiger charge is -2.07. The van der Waals surface area contributed by atoms with Crippen LogP contribution in [0.2, 0.25) is 0 Å². The third kappa shape index (κ3) is 1.27. The lowest BCUT2D eigenvalue weighted by atomic mass is 10.1. The van der Waals surface area contributed by atoms with E-state index in [4.69, 9.17) is 0 Å². The minimum atomic E-state index is -0.779. The van der Waals surface area contributed by atoms with Gasteiger partial charge in [0.1, 0.15) is 5.60 Å². The molecular formula is C9H12N2O2. The zero-order valence-electron chi connectivity index (χ0n) is 7.45. The summed E-state index contributed by atoms with van der Waals surface area (Å²) in [5.41, 5.74) is -0.432. The molecule has 0 bridgehead atoms. The molecule has 1 heterocycles. The smallest absolute Gasteiger partial charge is 0.264 e. The summed E-state index contributed by atoms with van der Waals surface area (Å²) < 4.78 is 0. The largest absolute Gasteiger partial charge is 0.383 e. The molecule has 1 aliphatic carbocycles. The van der Waals surface area contributed by atoms with Crippen molar-refractivity contribution >= 4 is 0 Å². The summed E-state index contributed by atoms with van der Waals surface area (Å²) in [6.45, 7) is 2.04. The van der Waals surface area contributed by atoms with E-state index in [-0.39, 0.29) is 5.56 Å². The van der Waals surface area contributed by atoms with Crippen LogP contribution in [0.4, 0.5) is 0 Å². The molecule has 2 rings (SSSR count). The molecule has 0 amide bonds. The molecule has 2 atom stereocenters. The average Bonchev–Trinajstić information content (AvgIpc) is 2.80. The third-order valence-corrected chi connectivity index (χ3v) is 2.69. The molecular weight excluding hydrogens is 168 g/mol. The van der Waals surface area contributed by atoms with Gasteiger partial charge in [0.2, 0.25) is 0 Å². The van der Waals surface area contributed by atoms with Crippen LogP contribution in [0.3, 0.4) is 0 Å². The van der Waals surface area contributed by atoms with Crippen molar-refractivity contribution in [2.45, 2.75) is 25.4 Å². The maximum atomic E-state index is 10.7. The highest BCUT2D eigenvalue weighted by molar-refractivity contribution is 5.20. The van der Waals surface area contributed by atoms with Gasteiger partial charge in [0, 0.05) is 6.07 Å². The number of aliphatic hydroxyl groups is 1. The van der Waals surface area contributed by atoms with E-state index in [2.05, 4.69) is 10.2 Å². The SMILES string of the molecule is CCC1CC1(O)c1ccc(=O)[nH]n1. The quantitative estimate of drug-likeness (QED) is 0.691. The summed E-state index contributed by atoms with van der Waals surface area (Å²) in [7, 11) is 0. The van der Waals surface area contributed by atoms with Gasteiger partial charge in [0.25, 0.3) is 5.56 Å². The van der Waals surface area contributed by atoms with Gasteiger partial charge in [-0.15, -0.1) is 0 Å². The van der Waals surface area contributed by atoms with Crippen LogP contribution in [-0.2, 0) is 5.60 Å². The van der Waals surface area contributed by atoms with Crippen LogP contribution in [0.1, 0.15) is 25.5 Å². The molecule has 1 aromatic rings. The predicted octanol–water partition coefficient (Wildman–Crippen LogP) is 0.387. The van der Waals surface area contributed by atoms with Gasteiger partial charge >= 0.3 is 0 Å². The van der Waals surface area contributed by atoms with E-state index in [0.717, 1.165) is 12.8 Å². The van der Waals surface area contributed by atoms with Crippen molar-refractivity contribution in [1.82, 2.24) is 10.2 Å². The first-order valence-corrected chi connectivity index (χ1v) is 4.45. The first-order valence-electron chi connectivity index (χ1n) is 4.45. The monoisotopic (exact) mass is 180 g/mol. The summed E-state index contributed by atoms with van der Waals surface area (Å²) in [6, 6.07) is 2.99. The fourth-order valence-corrected chi connectivity index (χ4v) is 1.70. The Kier molecular flexibility index (Phi) is 1.73. The van der Waals surface area contributed by atoms with Gasteiger partial charge in [-0.05, 0) is 18.4 Å². The van der Waals surface area contributed by atoms with E-state index < -0.39 is 5.60 Å². The predicted molar refractivity (Wildman–Crippen MR) is 47.2 cm³/mol. The number of hydrogen-bond acceptors (Lipinski definition) is 3. The van der Waals surface area contributed by atoms with Crippen LogP contribution in [0.15, 0.2) is 16.9 Å². The number of aromatic nitrogens is 2. The molecule has 0 aromatic carbocycles. The highest BCUT2D eigenvalue weighted by atomic mass is 16.3. The molecule has 1 aliphatic rings. The van der Waals surface area contributed by atoms with Crippen molar-refractivity contribution < 1.29 is 5.11 Å². The molecule has 0 radical (unpaired) electrons. The second-order valence-corrected chi connectivity index (χ2v) is 3.54. The van der Waals surface area contributed by atoms with Crippen molar-refractivity contribution in [3.8, 4) is 0 Å². The Labute approximate surface area is 75.6 Å². The van der Waals surface area contributed by atoms with Crippen LogP contribution in [0.25, 0.3) is 0 Å². The zero-order chi connectivity index (χ0) is 9.47. The Morgan fingerprint density at radius 1 is 1.77 bits per heavy atom. The van der Waals surface area contributed by atoms with E-state index in [0.29, 0.717) is 11.6 Å². The second kappa shape index (κ2) is 2.67. The first kappa shape index (κ1) is 8.44. The summed E-state index contributed by atoms with van der Waals surface area (Å²) in [6.07, 6.45) is 1.69. The van der Waals surface area contributed by atoms with Gasteiger partial charge in [-0.3, -0.25) is 4.79 Å². The Morgan fingerprint density at radius 3 is 3.00 bits per heavy atom. The zero-order valence-corrected chi connectivity index (χ0v) is 7.45. The number of aromatic amines is 1. The van der Waals surface area contributed by atoms with Gasteiger partial charge in [-0.2, -0.15) is 5.10 Å². The van der Waals surface area contributed by atoms with Crippen molar-refractivity contribution in [1.29, 1.82) is 0 Å². The maximum Gasteiger partial charge on any atom is 0.264 e. The highest BCUT2D eigenvalue weighted by Crippen LogP contribution is 2.52. The topological polar surface area (TPSA) is 66.0 Å². The molecule has 0 saturated heterocycles. The van der Waals surface area contributed by atoms with Gasteiger partial charge in [-0.1, -0.05) is 13.3 Å². The van der Waals surface area contributed by atoms with Crippen molar-refractivity contribution in [3.63, 3.8) is 0 Å². The Hall–Kier alpha value is -1.16. The first-order chi connectivity index (χ1) is 6.16. The van der Waals surface area contributed by atoms with Gasteiger partial charge < -0.3 is 5.11 Å². The standard InChI is InChI=1S/C9H12N2O2/c1-2-6-5-9(6,13)7-3-4-8(12)11-10-7/h3-4,6,13H,2,5H2,1H3,(H,11,12). The summed E-state index contributed by atoms with van der Waals surface area (Å²) >= 11 is 0. The Balaban J connectivity index is 2.28. The van der Waals surface area contributed by atoms with Crippen molar-refractivity contribution in [2.75, 3.05) is 0 Å². The van der Waals surface area contributed by atoms with E-state index in [1.807, 2.05) is 6.92 Å². The normalized spacial score (nSPS) is 31.7.